The Morgan fingerprint density at radius 2 is 2.12 bits per heavy atom. The third kappa shape index (κ3) is 3.37. The van der Waals surface area contributed by atoms with Crippen molar-refractivity contribution in [3.05, 3.63) is 54.2 Å². The van der Waals surface area contributed by atoms with Gasteiger partial charge in [-0.1, -0.05) is 11.2 Å². The maximum absolute atomic E-state index is 12.5. The van der Waals surface area contributed by atoms with E-state index in [-0.39, 0.29) is 12.5 Å². The molecule has 1 N–H and O–H groups in total. The van der Waals surface area contributed by atoms with Crippen LogP contribution in [-0.2, 0) is 6.54 Å². The molecule has 0 aliphatic heterocycles. The molecular formula is C16H16N6O2. The largest absolute Gasteiger partial charge is 0.373 e. The van der Waals surface area contributed by atoms with Crippen LogP contribution in [0.2, 0.25) is 0 Å². The SMILES string of the molecule is CNc1cc(C(=O)N(C)Cc2nc(-c3ccccn3)no2)ccn1. The quantitative estimate of drug-likeness (QED) is 0.764. The van der Waals surface area contributed by atoms with Crippen molar-refractivity contribution >= 4 is 11.7 Å². The van der Waals surface area contributed by atoms with Crippen LogP contribution in [0.4, 0.5) is 5.82 Å². The number of aromatic nitrogens is 4. The molecule has 0 unspecified atom stereocenters. The molecule has 3 aromatic rings. The number of rotatable bonds is 5. The fraction of sp³-hybridized carbons (Fsp3) is 0.188. The van der Waals surface area contributed by atoms with Crippen LogP contribution < -0.4 is 5.32 Å². The van der Waals surface area contributed by atoms with Crippen molar-refractivity contribution in [3.8, 4) is 11.5 Å². The number of carbonyl (C=O) groups excluding carboxylic acids is 1. The van der Waals surface area contributed by atoms with Crippen molar-refractivity contribution in [2.24, 2.45) is 0 Å². The Morgan fingerprint density at radius 3 is 2.88 bits per heavy atom. The summed E-state index contributed by atoms with van der Waals surface area (Å²) in [5.41, 5.74) is 1.15. The molecule has 24 heavy (non-hydrogen) atoms. The van der Waals surface area contributed by atoms with Gasteiger partial charge in [0, 0.05) is 32.1 Å². The van der Waals surface area contributed by atoms with Crippen LogP contribution in [-0.4, -0.2) is 45.0 Å². The number of amides is 1. The summed E-state index contributed by atoms with van der Waals surface area (Å²) in [7, 11) is 3.42. The molecule has 3 aromatic heterocycles. The Labute approximate surface area is 138 Å². The minimum absolute atomic E-state index is 0.161. The van der Waals surface area contributed by atoms with Crippen molar-refractivity contribution in [1.29, 1.82) is 0 Å². The zero-order chi connectivity index (χ0) is 16.9. The lowest BCUT2D eigenvalue weighted by atomic mass is 10.2. The van der Waals surface area contributed by atoms with E-state index in [1.165, 1.54) is 4.90 Å². The van der Waals surface area contributed by atoms with Gasteiger partial charge in [0.2, 0.25) is 11.7 Å². The van der Waals surface area contributed by atoms with E-state index in [9.17, 15) is 4.79 Å². The Kier molecular flexibility index (Phi) is 4.46. The molecule has 0 spiro atoms. The first-order valence-electron chi connectivity index (χ1n) is 7.30. The van der Waals surface area contributed by atoms with Gasteiger partial charge in [-0.05, 0) is 24.3 Å². The standard InChI is InChI=1S/C16H16N6O2/c1-17-13-9-11(6-8-19-13)16(23)22(2)10-14-20-15(21-24-14)12-5-3-4-7-18-12/h3-9H,10H2,1-2H3,(H,17,19). The molecule has 1 amide bonds. The van der Waals surface area contributed by atoms with E-state index in [0.717, 1.165) is 0 Å². The van der Waals surface area contributed by atoms with E-state index < -0.39 is 0 Å². The average Bonchev–Trinajstić information content (AvgIpc) is 3.10. The molecule has 0 saturated heterocycles. The lowest BCUT2D eigenvalue weighted by Crippen LogP contribution is -2.26. The lowest BCUT2D eigenvalue weighted by molar-refractivity contribution is 0.0769. The maximum atomic E-state index is 12.5. The van der Waals surface area contributed by atoms with Crippen LogP contribution in [0.15, 0.2) is 47.2 Å². The predicted molar refractivity (Wildman–Crippen MR) is 87.1 cm³/mol. The first-order valence-corrected chi connectivity index (χ1v) is 7.30. The molecule has 0 atom stereocenters. The summed E-state index contributed by atoms with van der Waals surface area (Å²) in [4.78, 5) is 26.5. The molecular weight excluding hydrogens is 308 g/mol. The van der Waals surface area contributed by atoms with E-state index >= 15 is 0 Å². The van der Waals surface area contributed by atoms with Gasteiger partial charge in [0.25, 0.3) is 5.91 Å². The highest BCUT2D eigenvalue weighted by Crippen LogP contribution is 2.14. The fourth-order valence-corrected chi connectivity index (χ4v) is 2.11. The number of hydrogen-bond donors (Lipinski definition) is 1. The molecule has 0 aliphatic rings. The second-order valence-electron chi connectivity index (χ2n) is 5.07. The van der Waals surface area contributed by atoms with E-state index in [1.807, 2.05) is 12.1 Å². The number of nitrogens with one attached hydrogen (secondary N) is 1. The smallest absolute Gasteiger partial charge is 0.254 e. The van der Waals surface area contributed by atoms with Gasteiger partial charge in [0.1, 0.15) is 11.5 Å². The topological polar surface area (TPSA) is 97.0 Å². The summed E-state index contributed by atoms with van der Waals surface area (Å²) < 4.78 is 5.20. The van der Waals surface area contributed by atoms with Crippen molar-refractivity contribution < 1.29 is 9.32 Å². The van der Waals surface area contributed by atoms with Gasteiger partial charge in [0.15, 0.2) is 0 Å². The zero-order valence-corrected chi connectivity index (χ0v) is 13.3. The van der Waals surface area contributed by atoms with Crippen LogP contribution in [0.1, 0.15) is 16.2 Å². The number of anilines is 1. The van der Waals surface area contributed by atoms with Gasteiger partial charge < -0.3 is 14.7 Å². The molecule has 0 aromatic carbocycles. The summed E-state index contributed by atoms with van der Waals surface area (Å²) in [5.74, 6) is 1.21. The van der Waals surface area contributed by atoms with E-state index in [4.69, 9.17) is 4.52 Å². The van der Waals surface area contributed by atoms with E-state index in [1.54, 1.807) is 44.7 Å². The van der Waals surface area contributed by atoms with Gasteiger partial charge in [-0.15, -0.1) is 0 Å². The first-order chi connectivity index (χ1) is 11.7. The number of carbonyl (C=O) groups is 1. The molecule has 0 saturated carbocycles. The molecule has 0 aliphatic carbocycles. The molecule has 8 heteroatoms. The molecule has 8 nitrogen and oxygen atoms in total. The highest BCUT2D eigenvalue weighted by atomic mass is 16.5. The molecule has 0 radical (unpaired) electrons. The lowest BCUT2D eigenvalue weighted by Gasteiger charge is -2.15. The van der Waals surface area contributed by atoms with Gasteiger partial charge in [-0.3, -0.25) is 9.78 Å². The summed E-state index contributed by atoms with van der Waals surface area (Å²) in [6, 6.07) is 8.79. The van der Waals surface area contributed by atoms with Crippen molar-refractivity contribution in [1.82, 2.24) is 25.0 Å². The third-order valence-corrected chi connectivity index (χ3v) is 3.34. The highest BCUT2D eigenvalue weighted by Gasteiger charge is 2.17. The minimum Gasteiger partial charge on any atom is -0.373 e. The molecule has 0 fully saturated rings. The van der Waals surface area contributed by atoms with E-state index in [2.05, 4.69) is 25.4 Å². The molecule has 122 valence electrons. The van der Waals surface area contributed by atoms with Crippen LogP contribution >= 0.6 is 0 Å². The Hall–Kier alpha value is -3.29. The zero-order valence-electron chi connectivity index (χ0n) is 13.3. The number of hydrogen-bond acceptors (Lipinski definition) is 7. The highest BCUT2D eigenvalue weighted by molar-refractivity contribution is 5.94. The van der Waals surface area contributed by atoms with Crippen LogP contribution in [0.5, 0.6) is 0 Å². The fourth-order valence-electron chi connectivity index (χ4n) is 2.11. The monoisotopic (exact) mass is 324 g/mol. The van der Waals surface area contributed by atoms with Gasteiger partial charge in [-0.25, -0.2) is 4.98 Å². The van der Waals surface area contributed by atoms with Gasteiger partial charge in [-0.2, -0.15) is 4.98 Å². The van der Waals surface area contributed by atoms with Crippen molar-refractivity contribution in [3.63, 3.8) is 0 Å². The summed E-state index contributed by atoms with van der Waals surface area (Å²) >= 11 is 0. The van der Waals surface area contributed by atoms with Gasteiger partial charge >= 0.3 is 0 Å². The second kappa shape index (κ2) is 6.86. The molecule has 0 bridgehead atoms. The molecule has 3 rings (SSSR count). The van der Waals surface area contributed by atoms with Crippen molar-refractivity contribution in [2.75, 3.05) is 19.4 Å². The third-order valence-electron chi connectivity index (χ3n) is 3.34. The average molecular weight is 324 g/mol. The Bertz CT molecular complexity index is 833. The summed E-state index contributed by atoms with van der Waals surface area (Å²) in [6.45, 7) is 0.204. The predicted octanol–water partition coefficient (Wildman–Crippen LogP) is 1.84. The van der Waals surface area contributed by atoms with Crippen LogP contribution in [0.25, 0.3) is 11.5 Å². The number of nitrogens with zero attached hydrogens (tertiary/aromatic N) is 5. The van der Waals surface area contributed by atoms with Crippen molar-refractivity contribution in [2.45, 2.75) is 6.54 Å². The Morgan fingerprint density at radius 1 is 1.25 bits per heavy atom. The summed E-state index contributed by atoms with van der Waals surface area (Å²) in [6.07, 6.45) is 3.24. The first kappa shape index (κ1) is 15.6. The maximum Gasteiger partial charge on any atom is 0.254 e. The Balaban J connectivity index is 1.71. The second-order valence-corrected chi connectivity index (χ2v) is 5.07. The van der Waals surface area contributed by atoms with Crippen LogP contribution in [0, 0.1) is 0 Å². The van der Waals surface area contributed by atoms with Gasteiger partial charge in [0.05, 0.1) is 6.54 Å². The number of pyridine rings is 2. The normalized spacial score (nSPS) is 10.4. The van der Waals surface area contributed by atoms with E-state index in [0.29, 0.717) is 28.8 Å². The molecule has 3 heterocycles. The summed E-state index contributed by atoms with van der Waals surface area (Å²) in [5, 5.41) is 6.80. The minimum atomic E-state index is -0.161. The van der Waals surface area contributed by atoms with Crippen LogP contribution in [0.3, 0.4) is 0 Å².